The molecule has 0 aromatic heterocycles. The smallest absolute Gasteiger partial charge is 0.149 e. The molecular formula is C19H24FN5. The molecule has 1 aromatic carbocycles. The van der Waals surface area contributed by atoms with Crippen LogP contribution in [0.1, 0.15) is 31.7 Å². The molecule has 0 radical (unpaired) electrons. The van der Waals surface area contributed by atoms with Crippen LogP contribution in [0.5, 0.6) is 0 Å². The lowest BCUT2D eigenvalue weighted by Crippen LogP contribution is -2.35. The fraction of sp³-hybridized carbons (Fsp3) is 0.368. The SMILES string of the molecule is C=C1N=C(c2ccc(F)cc2)C=C(N2CCC(N)C2)N1/N=C\CCC. The van der Waals surface area contributed by atoms with Crippen molar-refractivity contribution in [2.75, 3.05) is 13.1 Å². The Morgan fingerprint density at radius 1 is 1.40 bits per heavy atom. The number of hydrogen-bond donors (Lipinski definition) is 1. The maximum Gasteiger partial charge on any atom is 0.149 e. The zero-order valence-corrected chi connectivity index (χ0v) is 14.5. The lowest BCUT2D eigenvalue weighted by molar-refractivity contribution is 0.278. The molecule has 1 unspecified atom stereocenters. The molecule has 132 valence electrons. The highest BCUT2D eigenvalue weighted by Gasteiger charge is 2.28. The van der Waals surface area contributed by atoms with Crippen molar-refractivity contribution in [2.45, 2.75) is 32.2 Å². The molecule has 0 aliphatic carbocycles. The van der Waals surface area contributed by atoms with Crippen LogP contribution in [-0.2, 0) is 0 Å². The summed E-state index contributed by atoms with van der Waals surface area (Å²) >= 11 is 0. The van der Waals surface area contributed by atoms with E-state index in [1.165, 1.54) is 12.1 Å². The van der Waals surface area contributed by atoms with Gasteiger partial charge in [0.25, 0.3) is 0 Å². The molecule has 5 nitrogen and oxygen atoms in total. The van der Waals surface area contributed by atoms with Crippen molar-refractivity contribution >= 4 is 11.9 Å². The van der Waals surface area contributed by atoms with Gasteiger partial charge >= 0.3 is 0 Å². The summed E-state index contributed by atoms with van der Waals surface area (Å²) in [7, 11) is 0. The molecule has 1 saturated heterocycles. The molecule has 2 aliphatic heterocycles. The summed E-state index contributed by atoms with van der Waals surface area (Å²) in [6.07, 6.45) is 6.72. The van der Waals surface area contributed by atoms with Crippen LogP contribution in [0, 0.1) is 5.82 Å². The Kier molecular flexibility index (Phi) is 5.28. The number of hydrogen-bond acceptors (Lipinski definition) is 5. The number of hydrazone groups is 1. The standard InChI is InChI=1S/C19H24FN5/c1-3-4-10-22-25-14(2)23-18(15-5-7-16(20)8-6-15)12-19(25)24-11-9-17(21)13-24/h5-8,10,12,17H,2-4,9,11,13,21H2,1H3/b22-10-. The number of unbranched alkanes of at least 4 members (excludes halogenated alkanes) is 1. The third-order valence-corrected chi connectivity index (χ3v) is 4.28. The van der Waals surface area contributed by atoms with Crippen LogP contribution in [-0.4, -0.2) is 41.0 Å². The normalized spacial score (nSPS) is 21.1. The van der Waals surface area contributed by atoms with E-state index in [2.05, 4.69) is 28.5 Å². The molecule has 2 N–H and O–H groups in total. The Morgan fingerprint density at radius 2 is 2.16 bits per heavy atom. The zero-order valence-electron chi connectivity index (χ0n) is 14.5. The predicted octanol–water partition coefficient (Wildman–Crippen LogP) is 3.06. The van der Waals surface area contributed by atoms with E-state index < -0.39 is 0 Å². The maximum atomic E-state index is 13.2. The van der Waals surface area contributed by atoms with Crippen LogP contribution in [0.15, 0.2) is 58.7 Å². The van der Waals surface area contributed by atoms with Crippen LogP contribution in [0.4, 0.5) is 4.39 Å². The summed E-state index contributed by atoms with van der Waals surface area (Å²) in [5.74, 6) is 1.20. The monoisotopic (exact) mass is 341 g/mol. The van der Waals surface area contributed by atoms with E-state index >= 15 is 0 Å². The fourth-order valence-corrected chi connectivity index (χ4v) is 2.92. The minimum absolute atomic E-state index is 0.156. The summed E-state index contributed by atoms with van der Waals surface area (Å²) in [6.45, 7) is 7.81. The van der Waals surface area contributed by atoms with Crippen molar-refractivity contribution in [1.82, 2.24) is 9.91 Å². The van der Waals surface area contributed by atoms with Gasteiger partial charge in [-0.2, -0.15) is 5.10 Å². The van der Waals surface area contributed by atoms with E-state index in [1.807, 2.05) is 12.3 Å². The van der Waals surface area contributed by atoms with Gasteiger partial charge in [0, 0.05) is 37.0 Å². The van der Waals surface area contributed by atoms with Gasteiger partial charge in [-0.25, -0.2) is 14.4 Å². The lowest BCUT2D eigenvalue weighted by atomic mass is 10.1. The molecule has 0 amide bonds. The van der Waals surface area contributed by atoms with Gasteiger partial charge in [0.15, 0.2) is 0 Å². The number of aliphatic imine (C=N–C) groups is 1. The number of nitrogens with two attached hydrogens (primary N) is 1. The van der Waals surface area contributed by atoms with Crippen LogP contribution in [0.25, 0.3) is 0 Å². The summed E-state index contributed by atoms with van der Waals surface area (Å²) in [4.78, 5) is 6.77. The molecule has 0 saturated carbocycles. The van der Waals surface area contributed by atoms with E-state index in [9.17, 15) is 4.39 Å². The molecule has 0 spiro atoms. The molecule has 2 heterocycles. The number of benzene rings is 1. The minimum Gasteiger partial charge on any atom is -0.355 e. The highest BCUT2D eigenvalue weighted by molar-refractivity contribution is 6.10. The average molecular weight is 341 g/mol. The van der Waals surface area contributed by atoms with Gasteiger partial charge in [-0.3, -0.25) is 0 Å². The van der Waals surface area contributed by atoms with Crippen LogP contribution in [0.3, 0.4) is 0 Å². The minimum atomic E-state index is -0.264. The summed E-state index contributed by atoms with van der Waals surface area (Å²) in [5.41, 5.74) is 7.68. The van der Waals surface area contributed by atoms with Gasteiger partial charge in [-0.15, -0.1) is 0 Å². The van der Waals surface area contributed by atoms with Gasteiger partial charge in [-0.1, -0.05) is 19.9 Å². The molecule has 2 aliphatic rings. The zero-order chi connectivity index (χ0) is 17.8. The second-order valence-electron chi connectivity index (χ2n) is 6.32. The predicted molar refractivity (Wildman–Crippen MR) is 99.6 cm³/mol. The van der Waals surface area contributed by atoms with Crippen LogP contribution >= 0.6 is 0 Å². The highest BCUT2D eigenvalue weighted by Crippen LogP contribution is 2.27. The van der Waals surface area contributed by atoms with E-state index in [4.69, 9.17) is 5.73 Å². The van der Waals surface area contributed by atoms with Crippen molar-refractivity contribution < 1.29 is 4.39 Å². The largest absolute Gasteiger partial charge is 0.355 e. The first-order valence-corrected chi connectivity index (χ1v) is 8.67. The van der Waals surface area contributed by atoms with Gasteiger partial charge < -0.3 is 10.6 Å². The summed E-state index contributed by atoms with van der Waals surface area (Å²) in [6, 6.07) is 6.48. The van der Waals surface area contributed by atoms with E-state index in [1.54, 1.807) is 17.1 Å². The van der Waals surface area contributed by atoms with Gasteiger partial charge in [-0.05, 0) is 37.1 Å². The topological polar surface area (TPSA) is 57.2 Å². The first-order chi connectivity index (χ1) is 12.1. The molecule has 1 aromatic rings. The van der Waals surface area contributed by atoms with E-state index in [0.29, 0.717) is 5.82 Å². The third-order valence-electron chi connectivity index (χ3n) is 4.28. The average Bonchev–Trinajstić information content (AvgIpc) is 3.03. The maximum absolute atomic E-state index is 13.2. The number of nitrogens with zero attached hydrogens (tertiary/aromatic N) is 4. The van der Waals surface area contributed by atoms with Crippen molar-refractivity contribution in [3.63, 3.8) is 0 Å². The molecule has 6 heteroatoms. The second-order valence-corrected chi connectivity index (χ2v) is 6.32. The van der Waals surface area contributed by atoms with Gasteiger partial charge in [0.05, 0.1) is 5.71 Å². The first kappa shape index (κ1) is 17.4. The number of halogens is 1. The highest BCUT2D eigenvalue weighted by atomic mass is 19.1. The fourth-order valence-electron chi connectivity index (χ4n) is 2.92. The van der Waals surface area contributed by atoms with E-state index in [-0.39, 0.29) is 11.9 Å². The van der Waals surface area contributed by atoms with Crippen molar-refractivity contribution in [3.8, 4) is 0 Å². The number of likely N-dealkylation sites (tertiary alicyclic amines) is 1. The number of rotatable bonds is 5. The third kappa shape index (κ3) is 3.96. The van der Waals surface area contributed by atoms with Gasteiger partial charge in [0.1, 0.15) is 17.5 Å². The second kappa shape index (κ2) is 7.61. The first-order valence-electron chi connectivity index (χ1n) is 8.67. The Balaban J connectivity index is 1.94. The Morgan fingerprint density at radius 3 is 2.80 bits per heavy atom. The summed E-state index contributed by atoms with van der Waals surface area (Å²) in [5, 5.41) is 6.30. The quantitative estimate of drug-likeness (QED) is 0.838. The molecule has 0 bridgehead atoms. The number of allylic oxidation sites excluding steroid dienone is 1. The molecule has 25 heavy (non-hydrogen) atoms. The summed E-state index contributed by atoms with van der Waals surface area (Å²) < 4.78 is 13.2. The van der Waals surface area contributed by atoms with Crippen LogP contribution in [0.2, 0.25) is 0 Å². The van der Waals surface area contributed by atoms with Crippen molar-refractivity contribution in [1.29, 1.82) is 0 Å². The Hall–Kier alpha value is -2.47. The van der Waals surface area contributed by atoms with Crippen molar-refractivity contribution in [3.05, 3.63) is 59.9 Å². The van der Waals surface area contributed by atoms with Gasteiger partial charge in [0.2, 0.25) is 0 Å². The molecule has 3 rings (SSSR count). The Labute approximate surface area is 148 Å². The lowest BCUT2D eigenvalue weighted by Gasteiger charge is -2.32. The Bertz CT molecular complexity index is 720. The van der Waals surface area contributed by atoms with Crippen molar-refractivity contribution in [2.24, 2.45) is 15.8 Å². The molecular weight excluding hydrogens is 317 g/mol. The molecule has 1 atom stereocenters. The molecule has 1 fully saturated rings. The van der Waals surface area contributed by atoms with E-state index in [0.717, 1.165) is 49.4 Å². The van der Waals surface area contributed by atoms with Crippen LogP contribution < -0.4 is 5.73 Å².